The van der Waals surface area contributed by atoms with Gasteiger partial charge in [0.25, 0.3) is 5.91 Å². The highest BCUT2D eigenvalue weighted by Gasteiger charge is 2.21. The van der Waals surface area contributed by atoms with Crippen molar-refractivity contribution < 1.29 is 13.6 Å². The lowest BCUT2D eigenvalue weighted by Crippen LogP contribution is -2.39. The quantitative estimate of drug-likeness (QED) is 0.944. The van der Waals surface area contributed by atoms with Gasteiger partial charge >= 0.3 is 0 Å². The fourth-order valence-electron chi connectivity index (χ4n) is 1.73. The van der Waals surface area contributed by atoms with Gasteiger partial charge < -0.3 is 10.6 Å². The van der Waals surface area contributed by atoms with E-state index in [1.807, 2.05) is 6.92 Å². The van der Waals surface area contributed by atoms with Crippen molar-refractivity contribution in [2.24, 2.45) is 5.73 Å². The Morgan fingerprint density at radius 1 is 1.43 bits per heavy atom. The van der Waals surface area contributed by atoms with E-state index in [0.717, 1.165) is 23.5 Å². The minimum atomic E-state index is -0.702. The molecule has 0 aliphatic heterocycles. The SMILES string of the molecule is CC(CN)N(C)C(=O)c1csc(-c2c(F)cccc2F)n1. The summed E-state index contributed by atoms with van der Waals surface area (Å²) in [5, 5.41) is 1.63. The second-order valence-electron chi connectivity index (χ2n) is 4.64. The van der Waals surface area contributed by atoms with E-state index in [4.69, 9.17) is 5.73 Å². The zero-order chi connectivity index (χ0) is 15.6. The number of likely N-dealkylation sites (N-methyl/N-ethyl adjacent to an activating group) is 1. The van der Waals surface area contributed by atoms with Crippen LogP contribution >= 0.6 is 11.3 Å². The number of carbonyl (C=O) groups is 1. The van der Waals surface area contributed by atoms with Crippen LogP contribution in [0.4, 0.5) is 8.78 Å². The van der Waals surface area contributed by atoms with Gasteiger partial charge in [0.15, 0.2) is 0 Å². The molecule has 0 radical (unpaired) electrons. The molecule has 1 aromatic heterocycles. The summed E-state index contributed by atoms with van der Waals surface area (Å²) < 4.78 is 27.4. The van der Waals surface area contributed by atoms with Crippen LogP contribution in [0.3, 0.4) is 0 Å². The lowest BCUT2D eigenvalue weighted by molar-refractivity contribution is 0.0743. The Bertz CT molecular complexity index is 639. The molecule has 0 aliphatic rings. The number of amides is 1. The summed E-state index contributed by atoms with van der Waals surface area (Å²) in [7, 11) is 1.61. The molecular weight excluding hydrogens is 296 g/mol. The number of rotatable bonds is 4. The van der Waals surface area contributed by atoms with Crippen LogP contribution in [-0.2, 0) is 0 Å². The molecule has 0 bridgehead atoms. The molecule has 1 aromatic carbocycles. The molecule has 0 spiro atoms. The van der Waals surface area contributed by atoms with Gasteiger partial charge in [0.2, 0.25) is 0 Å². The van der Waals surface area contributed by atoms with Crippen molar-refractivity contribution in [2.75, 3.05) is 13.6 Å². The molecule has 0 saturated heterocycles. The maximum Gasteiger partial charge on any atom is 0.273 e. The Morgan fingerprint density at radius 2 is 2.05 bits per heavy atom. The number of nitrogens with zero attached hydrogens (tertiary/aromatic N) is 2. The van der Waals surface area contributed by atoms with E-state index in [1.165, 1.54) is 16.3 Å². The summed E-state index contributed by atoms with van der Waals surface area (Å²) in [5.41, 5.74) is 5.46. The smallest absolute Gasteiger partial charge is 0.273 e. The fraction of sp³-hybridized carbons (Fsp3) is 0.286. The third-order valence-corrected chi connectivity index (χ3v) is 4.08. The molecule has 112 valence electrons. The molecule has 1 amide bonds. The lowest BCUT2D eigenvalue weighted by Gasteiger charge is -2.22. The van der Waals surface area contributed by atoms with Crippen LogP contribution in [0.1, 0.15) is 17.4 Å². The van der Waals surface area contributed by atoms with E-state index in [0.29, 0.717) is 6.54 Å². The van der Waals surface area contributed by atoms with Gasteiger partial charge in [0, 0.05) is 25.0 Å². The third-order valence-electron chi connectivity index (χ3n) is 3.22. The van der Waals surface area contributed by atoms with Gasteiger partial charge in [-0.05, 0) is 19.1 Å². The highest BCUT2D eigenvalue weighted by molar-refractivity contribution is 7.13. The van der Waals surface area contributed by atoms with E-state index in [-0.39, 0.29) is 28.2 Å². The van der Waals surface area contributed by atoms with Crippen molar-refractivity contribution in [1.82, 2.24) is 9.88 Å². The minimum absolute atomic E-state index is 0.141. The summed E-state index contributed by atoms with van der Waals surface area (Å²) in [6.07, 6.45) is 0. The average Bonchev–Trinajstić information content (AvgIpc) is 2.94. The topological polar surface area (TPSA) is 59.2 Å². The predicted molar refractivity (Wildman–Crippen MR) is 78.1 cm³/mol. The van der Waals surface area contributed by atoms with Crippen LogP contribution in [0, 0.1) is 11.6 Å². The molecule has 1 heterocycles. The summed E-state index contributed by atoms with van der Waals surface area (Å²) >= 11 is 1.03. The normalized spacial score (nSPS) is 12.2. The number of aromatic nitrogens is 1. The molecule has 2 aromatic rings. The van der Waals surface area contributed by atoms with Crippen molar-refractivity contribution in [3.63, 3.8) is 0 Å². The molecule has 4 nitrogen and oxygen atoms in total. The van der Waals surface area contributed by atoms with E-state index in [2.05, 4.69) is 4.98 Å². The number of benzene rings is 1. The monoisotopic (exact) mass is 311 g/mol. The maximum absolute atomic E-state index is 13.7. The van der Waals surface area contributed by atoms with Crippen LogP contribution in [0.5, 0.6) is 0 Å². The molecule has 0 saturated carbocycles. The average molecular weight is 311 g/mol. The Kier molecular flexibility index (Phi) is 4.64. The van der Waals surface area contributed by atoms with Gasteiger partial charge in [0.1, 0.15) is 22.3 Å². The van der Waals surface area contributed by atoms with Crippen molar-refractivity contribution >= 4 is 17.2 Å². The molecule has 0 aliphatic carbocycles. The van der Waals surface area contributed by atoms with E-state index in [9.17, 15) is 13.6 Å². The van der Waals surface area contributed by atoms with Crippen LogP contribution in [0.25, 0.3) is 10.6 Å². The first kappa shape index (κ1) is 15.5. The summed E-state index contributed by atoms with van der Waals surface area (Å²) in [4.78, 5) is 17.7. The molecule has 1 unspecified atom stereocenters. The Balaban J connectivity index is 2.32. The second kappa shape index (κ2) is 6.28. The van der Waals surface area contributed by atoms with Crippen LogP contribution in [0.15, 0.2) is 23.6 Å². The summed E-state index contributed by atoms with van der Waals surface area (Å²) in [6.45, 7) is 2.13. The van der Waals surface area contributed by atoms with Crippen LogP contribution in [0.2, 0.25) is 0 Å². The van der Waals surface area contributed by atoms with Gasteiger partial charge in [-0.3, -0.25) is 4.79 Å². The minimum Gasteiger partial charge on any atom is -0.336 e. The van der Waals surface area contributed by atoms with Crippen molar-refractivity contribution in [3.05, 3.63) is 40.9 Å². The second-order valence-corrected chi connectivity index (χ2v) is 5.49. The van der Waals surface area contributed by atoms with Gasteiger partial charge in [0.05, 0.1) is 5.56 Å². The van der Waals surface area contributed by atoms with Crippen LogP contribution in [-0.4, -0.2) is 35.4 Å². The van der Waals surface area contributed by atoms with E-state index >= 15 is 0 Å². The first-order valence-electron chi connectivity index (χ1n) is 6.32. The number of nitrogens with two attached hydrogens (primary N) is 1. The molecule has 2 rings (SSSR count). The highest BCUT2D eigenvalue weighted by Crippen LogP contribution is 2.29. The summed E-state index contributed by atoms with van der Waals surface area (Å²) in [6, 6.07) is 3.45. The maximum atomic E-state index is 13.7. The standard InChI is InChI=1S/C14H15F2N3OS/c1-8(6-17)19(2)14(20)11-7-21-13(18-11)12-9(15)4-3-5-10(12)16/h3-5,7-8H,6,17H2,1-2H3. The fourth-order valence-corrected chi connectivity index (χ4v) is 2.57. The number of halogens is 2. The number of hydrogen-bond acceptors (Lipinski definition) is 4. The Labute approximate surface area is 125 Å². The molecule has 21 heavy (non-hydrogen) atoms. The van der Waals surface area contributed by atoms with E-state index in [1.54, 1.807) is 7.05 Å². The highest BCUT2D eigenvalue weighted by atomic mass is 32.1. The van der Waals surface area contributed by atoms with Gasteiger partial charge in [-0.2, -0.15) is 0 Å². The first-order chi connectivity index (χ1) is 9.95. The van der Waals surface area contributed by atoms with Gasteiger partial charge in [-0.15, -0.1) is 11.3 Å². The van der Waals surface area contributed by atoms with Crippen molar-refractivity contribution in [2.45, 2.75) is 13.0 Å². The van der Waals surface area contributed by atoms with E-state index < -0.39 is 11.6 Å². The first-order valence-corrected chi connectivity index (χ1v) is 7.20. The predicted octanol–water partition coefficient (Wildman–Crippen LogP) is 2.51. The molecule has 1 atom stereocenters. The number of hydrogen-bond donors (Lipinski definition) is 1. The van der Waals surface area contributed by atoms with Gasteiger partial charge in [-0.25, -0.2) is 13.8 Å². The summed E-state index contributed by atoms with van der Waals surface area (Å²) in [5.74, 6) is -1.73. The Morgan fingerprint density at radius 3 is 2.62 bits per heavy atom. The largest absolute Gasteiger partial charge is 0.336 e. The molecular formula is C14H15F2N3OS. The molecule has 0 fully saturated rings. The Hall–Kier alpha value is -1.86. The lowest BCUT2D eigenvalue weighted by atomic mass is 10.2. The number of thiazole rings is 1. The van der Waals surface area contributed by atoms with Gasteiger partial charge in [-0.1, -0.05) is 6.07 Å². The molecule has 7 heteroatoms. The molecule has 2 N–H and O–H groups in total. The van der Waals surface area contributed by atoms with Crippen molar-refractivity contribution in [1.29, 1.82) is 0 Å². The zero-order valence-electron chi connectivity index (χ0n) is 11.6. The van der Waals surface area contributed by atoms with Crippen molar-refractivity contribution in [3.8, 4) is 10.6 Å². The third kappa shape index (κ3) is 3.08. The number of carbonyl (C=O) groups excluding carboxylic acids is 1. The zero-order valence-corrected chi connectivity index (χ0v) is 12.5. The van der Waals surface area contributed by atoms with Crippen LogP contribution < -0.4 is 5.73 Å².